The van der Waals surface area contributed by atoms with Crippen molar-refractivity contribution >= 4 is 21.6 Å². The molecule has 152 valence electrons. The summed E-state index contributed by atoms with van der Waals surface area (Å²) in [6.45, 7) is 3.70. The van der Waals surface area contributed by atoms with Gasteiger partial charge in [-0.2, -0.15) is 0 Å². The summed E-state index contributed by atoms with van der Waals surface area (Å²) in [5.41, 5.74) is 0.511. The van der Waals surface area contributed by atoms with Gasteiger partial charge in [0.15, 0.2) is 6.10 Å². The highest BCUT2D eigenvalue weighted by molar-refractivity contribution is 7.89. The van der Waals surface area contributed by atoms with E-state index in [1.165, 1.54) is 25.3 Å². The molecule has 2 unspecified atom stereocenters. The molecule has 28 heavy (non-hydrogen) atoms. The smallest absolute Gasteiger partial charge is 0.265 e. The number of fused-ring (bicyclic) bond motifs is 1. The fourth-order valence-electron chi connectivity index (χ4n) is 6.49. The molecule has 1 amide bonds. The number of nitrogens with one attached hydrogen (secondary N) is 2. The van der Waals surface area contributed by atoms with Crippen molar-refractivity contribution in [1.82, 2.24) is 4.72 Å². The minimum atomic E-state index is -3.67. The summed E-state index contributed by atoms with van der Waals surface area (Å²) >= 11 is 0. The highest BCUT2D eigenvalue weighted by Crippen LogP contribution is 2.61. The van der Waals surface area contributed by atoms with Crippen LogP contribution in [0.15, 0.2) is 23.1 Å². The molecule has 0 saturated heterocycles. The van der Waals surface area contributed by atoms with E-state index in [4.69, 9.17) is 4.74 Å². The van der Waals surface area contributed by atoms with Gasteiger partial charge in [0.25, 0.3) is 5.91 Å². The van der Waals surface area contributed by atoms with E-state index in [2.05, 4.69) is 10.0 Å². The second kappa shape index (κ2) is 6.20. The number of benzene rings is 1. The van der Waals surface area contributed by atoms with Gasteiger partial charge in [-0.25, -0.2) is 13.1 Å². The van der Waals surface area contributed by atoms with Crippen molar-refractivity contribution in [1.29, 1.82) is 0 Å². The van der Waals surface area contributed by atoms with Crippen LogP contribution in [0.25, 0.3) is 0 Å². The Hall–Kier alpha value is -1.60. The van der Waals surface area contributed by atoms with Crippen molar-refractivity contribution in [3.63, 3.8) is 0 Å². The fraction of sp³-hybridized carbons (Fsp3) is 0.667. The maximum absolute atomic E-state index is 13.1. The maximum Gasteiger partial charge on any atom is 0.265 e. The zero-order chi connectivity index (χ0) is 19.7. The molecule has 0 aromatic heterocycles. The molecule has 7 heteroatoms. The molecule has 1 aliphatic heterocycles. The number of hydrogen-bond acceptors (Lipinski definition) is 4. The van der Waals surface area contributed by atoms with Gasteiger partial charge in [-0.05, 0) is 93.7 Å². The number of anilines is 1. The lowest BCUT2D eigenvalue weighted by Crippen LogP contribution is -2.55. The molecule has 6 nitrogen and oxygen atoms in total. The zero-order valence-electron chi connectivity index (χ0n) is 16.4. The highest BCUT2D eigenvalue weighted by Gasteiger charge is 2.53. The van der Waals surface area contributed by atoms with Crippen molar-refractivity contribution in [2.24, 2.45) is 23.2 Å². The van der Waals surface area contributed by atoms with Crippen LogP contribution in [0.3, 0.4) is 0 Å². The number of carbonyl (C=O) groups excluding carboxylic acids is 1. The van der Waals surface area contributed by atoms with Gasteiger partial charge >= 0.3 is 0 Å². The number of amides is 1. The summed E-state index contributed by atoms with van der Waals surface area (Å²) in [5, 5.41) is 2.73. The van der Waals surface area contributed by atoms with Crippen LogP contribution in [-0.4, -0.2) is 26.5 Å². The van der Waals surface area contributed by atoms with Gasteiger partial charge in [0.05, 0.1) is 10.6 Å². The highest BCUT2D eigenvalue weighted by atomic mass is 32.2. The third-order valence-electron chi connectivity index (χ3n) is 7.53. The van der Waals surface area contributed by atoms with Crippen molar-refractivity contribution in [2.45, 2.75) is 69.4 Å². The Labute approximate surface area is 166 Å². The van der Waals surface area contributed by atoms with Gasteiger partial charge in [-0.15, -0.1) is 0 Å². The molecule has 2 atom stereocenters. The second-order valence-corrected chi connectivity index (χ2v) is 11.2. The van der Waals surface area contributed by atoms with E-state index in [1.54, 1.807) is 19.1 Å². The summed E-state index contributed by atoms with van der Waals surface area (Å²) in [5.74, 6) is 2.56. The van der Waals surface area contributed by atoms with E-state index in [9.17, 15) is 13.2 Å². The summed E-state index contributed by atoms with van der Waals surface area (Å²) in [4.78, 5) is 12.0. The monoisotopic (exact) mass is 404 g/mol. The van der Waals surface area contributed by atoms with E-state index in [-0.39, 0.29) is 22.3 Å². The number of ether oxygens (including phenoxy) is 1. The molecule has 5 aliphatic rings. The lowest BCUT2D eigenvalue weighted by atomic mass is 9.48. The largest absolute Gasteiger partial charge is 0.479 e. The molecule has 0 spiro atoms. The third kappa shape index (κ3) is 2.94. The third-order valence-corrected chi connectivity index (χ3v) is 9.07. The van der Waals surface area contributed by atoms with E-state index < -0.39 is 16.1 Å². The van der Waals surface area contributed by atoms with Crippen molar-refractivity contribution < 1.29 is 17.9 Å². The zero-order valence-corrected chi connectivity index (χ0v) is 17.2. The van der Waals surface area contributed by atoms with Gasteiger partial charge in [-0.3, -0.25) is 4.79 Å². The van der Waals surface area contributed by atoms with E-state index >= 15 is 0 Å². The Bertz CT molecular complexity index is 891. The molecule has 1 heterocycles. The minimum absolute atomic E-state index is 0.0900. The number of carbonyl (C=O) groups is 1. The van der Waals surface area contributed by atoms with Gasteiger partial charge in [0.2, 0.25) is 10.0 Å². The number of sulfonamides is 1. The molecule has 4 saturated carbocycles. The van der Waals surface area contributed by atoms with Gasteiger partial charge in [0.1, 0.15) is 5.75 Å². The summed E-state index contributed by atoms with van der Waals surface area (Å²) in [7, 11) is -3.67. The van der Waals surface area contributed by atoms with Gasteiger partial charge in [-0.1, -0.05) is 0 Å². The molecular formula is C21H28N2O4S. The van der Waals surface area contributed by atoms with Crippen molar-refractivity contribution in [3.05, 3.63) is 18.2 Å². The fourth-order valence-corrected chi connectivity index (χ4v) is 7.86. The molecule has 4 fully saturated rings. The number of hydrogen-bond donors (Lipinski definition) is 2. The Balaban J connectivity index is 1.38. The number of rotatable bonds is 4. The predicted molar refractivity (Wildman–Crippen MR) is 106 cm³/mol. The Kier molecular flexibility index (Phi) is 4.08. The van der Waals surface area contributed by atoms with Crippen LogP contribution in [0.1, 0.15) is 52.4 Å². The first-order valence-corrected chi connectivity index (χ1v) is 11.9. The summed E-state index contributed by atoms with van der Waals surface area (Å²) < 4.78 is 34.7. The van der Waals surface area contributed by atoms with Crippen LogP contribution >= 0.6 is 0 Å². The first-order chi connectivity index (χ1) is 13.2. The molecular weight excluding hydrogens is 376 g/mol. The van der Waals surface area contributed by atoms with Gasteiger partial charge in [0, 0.05) is 6.04 Å². The SMILES string of the molecule is CC1Oc2ccc(S(=O)(=O)NC(C)C34CC5CC(CC(C5)C3)C4)cc2NC1=O. The van der Waals surface area contributed by atoms with E-state index in [0.29, 0.717) is 11.4 Å². The Morgan fingerprint density at radius 1 is 1.14 bits per heavy atom. The molecule has 4 aliphatic carbocycles. The van der Waals surface area contributed by atoms with Crippen LogP contribution < -0.4 is 14.8 Å². The standard InChI is InChI=1S/C21H28N2O4S/c1-12-20(24)22-18-8-17(3-4-19(18)27-12)28(25,26)23-13(2)21-9-14-5-15(10-21)7-16(6-14)11-21/h3-4,8,12-16,23H,5-7,9-11H2,1-2H3,(H,22,24). The first kappa shape index (κ1) is 18.4. The second-order valence-electron chi connectivity index (χ2n) is 9.53. The predicted octanol–water partition coefficient (Wildman–Crippen LogP) is 3.29. The van der Waals surface area contributed by atoms with Crippen molar-refractivity contribution in [2.75, 3.05) is 5.32 Å². The molecule has 1 aromatic carbocycles. The van der Waals surface area contributed by atoms with Crippen LogP contribution in [0.5, 0.6) is 5.75 Å². The normalized spacial score (nSPS) is 37.1. The van der Waals surface area contributed by atoms with E-state index in [0.717, 1.165) is 37.0 Å². The van der Waals surface area contributed by atoms with E-state index in [1.807, 2.05) is 6.92 Å². The Morgan fingerprint density at radius 2 is 1.75 bits per heavy atom. The minimum Gasteiger partial charge on any atom is -0.479 e. The lowest BCUT2D eigenvalue weighted by Gasteiger charge is -2.59. The summed E-state index contributed by atoms with van der Waals surface area (Å²) in [6, 6.07) is 4.58. The molecule has 6 rings (SSSR count). The summed E-state index contributed by atoms with van der Waals surface area (Å²) in [6.07, 6.45) is 6.87. The van der Waals surface area contributed by atoms with Crippen LogP contribution in [0.4, 0.5) is 5.69 Å². The lowest BCUT2D eigenvalue weighted by molar-refractivity contribution is -0.122. The van der Waals surface area contributed by atoms with Gasteiger partial charge < -0.3 is 10.1 Å². The maximum atomic E-state index is 13.1. The molecule has 2 N–H and O–H groups in total. The van der Waals surface area contributed by atoms with Crippen molar-refractivity contribution in [3.8, 4) is 5.75 Å². The van der Waals surface area contributed by atoms with Crippen LogP contribution in [-0.2, 0) is 14.8 Å². The molecule has 0 radical (unpaired) electrons. The first-order valence-electron chi connectivity index (χ1n) is 10.4. The van der Waals surface area contributed by atoms with Crippen LogP contribution in [0.2, 0.25) is 0 Å². The average molecular weight is 405 g/mol. The van der Waals surface area contributed by atoms with Crippen LogP contribution in [0, 0.1) is 23.2 Å². The molecule has 4 bridgehead atoms. The average Bonchev–Trinajstić information content (AvgIpc) is 2.61. The quantitative estimate of drug-likeness (QED) is 0.806. The molecule has 1 aromatic rings. The Morgan fingerprint density at radius 3 is 2.36 bits per heavy atom. The topological polar surface area (TPSA) is 84.5 Å².